The molecule has 23 heavy (non-hydrogen) atoms. The van der Waals surface area contributed by atoms with Crippen LogP contribution in [0.15, 0.2) is 71.7 Å². The van der Waals surface area contributed by atoms with Gasteiger partial charge in [-0.1, -0.05) is 36.9 Å². The third-order valence-corrected chi connectivity index (χ3v) is 3.36. The van der Waals surface area contributed by atoms with Crippen LogP contribution >= 0.6 is 0 Å². The van der Waals surface area contributed by atoms with Crippen LogP contribution in [-0.2, 0) is 4.74 Å². The molecule has 1 aliphatic heterocycles. The molecule has 1 aromatic heterocycles. The summed E-state index contributed by atoms with van der Waals surface area (Å²) in [5.41, 5.74) is 0.645. The molecule has 0 radical (unpaired) electrons. The maximum atomic E-state index is 12.2. The standard InChI is InChI=1S/C17H15N3O3/c1-12-6-5-11-23-16(12)20-10-9-14(19-17(20)22)18-15(21)13-7-3-2-4-8-13/h2-10,16H,1,11H2,(H,18,19,21,22)/t16-/m0/s1. The van der Waals surface area contributed by atoms with E-state index in [9.17, 15) is 9.59 Å². The number of hydrogen-bond acceptors (Lipinski definition) is 4. The largest absolute Gasteiger partial charge is 0.351 e. The third-order valence-electron chi connectivity index (χ3n) is 3.36. The van der Waals surface area contributed by atoms with Crippen LogP contribution in [0.25, 0.3) is 0 Å². The third kappa shape index (κ3) is 3.27. The first-order valence-corrected chi connectivity index (χ1v) is 7.08. The van der Waals surface area contributed by atoms with Crippen molar-refractivity contribution in [2.24, 2.45) is 0 Å². The molecule has 6 heteroatoms. The maximum absolute atomic E-state index is 12.2. The number of hydrogen-bond donors (Lipinski definition) is 1. The number of ether oxygens (including phenoxy) is 1. The van der Waals surface area contributed by atoms with Gasteiger partial charge in [-0.2, -0.15) is 4.98 Å². The van der Waals surface area contributed by atoms with Gasteiger partial charge in [0.05, 0.1) is 6.61 Å². The van der Waals surface area contributed by atoms with Crippen LogP contribution in [0.5, 0.6) is 0 Å². The van der Waals surface area contributed by atoms with Crippen LogP contribution < -0.4 is 11.0 Å². The Bertz CT molecular complexity index is 824. The van der Waals surface area contributed by atoms with Crippen LogP contribution in [0.2, 0.25) is 0 Å². The zero-order valence-electron chi connectivity index (χ0n) is 12.3. The highest BCUT2D eigenvalue weighted by Gasteiger charge is 2.18. The van der Waals surface area contributed by atoms with E-state index in [4.69, 9.17) is 4.74 Å². The predicted octanol–water partition coefficient (Wildman–Crippen LogP) is 2.14. The van der Waals surface area contributed by atoms with Crippen LogP contribution in [0.3, 0.4) is 0 Å². The second-order valence-corrected chi connectivity index (χ2v) is 4.99. The van der Waals surface area contributed by atoms with E-state index in [1.54, 1.807) is 30.3 Å². The Morgan fingerprint density at radius 3 is 2.78 bits per heavy atom. The SMILES string of the molecule is C=C1C=CCO[C@@H]1n1ccc(NC(=O)c2ccccc2)nc1=O. The second kappa shape index (κ2) is 6.41. The van der Waals surface area contributed by atoms with E-state index in [2.05, 4.69) is 16.9 Å². The molecule has 116 valence electrons. The average molecular weight is 309 g/mol. The highest BCUT2D eigenvalue weighted by Crippen LogP contribution is 2.21. The van der Waals surface area contributed by atoms with Gasteiger partial charge in [0.15, 0.2) is 6.23 Å². The molecule has 1 aromatic carbocycles. The van der Waals surface area contributed by atoms with Crippen molar-refractivity contribution < 1.29 is 9.53 Å². The Balaban J connectivity index is 1.80. The summed E-state index contributed by atoms with van der Waals surface area (Å²) in [7, 11) is 0. The molecule has 0 spiro atoms. The monoisotopic (exact) mass is 309 g/mol. The molecule has 1 amide bonds. The minimum atomic E-state index is -0.570. The van der Waals surface area contributed by atoms with Crippen molar-refractivity contribution in [3.63, 3.8) is 0 Å². The van der Waals surface area contributed by atoms with Gasteiger partial charge in [-0.15, -0.1) is 0 Å². The van der Waals surface area contributed by atoms with Gasteiger partial charge < -0.3 is 10.1 Å². The van der Waals surface area contributed by atoms with Crippen LogP contribution in [0.4, 0.5) is 5.82 Å². The van der Waals surface area contributed by atoms with Gasteiger partial charge in [0.2, 0.25) is 0 Å². The molecule has 0 unspecified atom stereocenters. The molecule has 3 rings (SSSR count). The fraction of sp³-hybridized carbons (Fsp3) is 0.118. The number of carbonyl (C=O) groups is 1. The second-order valence-electron chi connectivity index (χ2n) is 4.99. The van der Waals surface area contributed by atoms with Gasteiger partial charge in [-0.25, -0.2) is 4.79 Å². The molecule has 1 atom stereocenters. The smallest absolute Gasteiger partial charge is 0.349 e. The molecule has 1 N–H and O–H groups in total. The molecule has 0 saturated heterocycles. The topological polar surface area (TPSA) is 73.2 Å². The molecule has 2 aromatic rings. The Morgan fingerprint density at radius 2 is 2.09 bits per heavy atom. The van der Waals surface area contributed by atoms with Crippen molar-refractivity contribution in [2.45, 2.75) is 6.23 Å². The molecule has 1 aliphatic rings. The number of rotatable bonds is 3. The minimum absolute atomic E-state index is 0.192. The van der Waals surface area contributed by atoms with E-state index in [0.717, 1.165) is 0 Å². The predicted molar refractivity (Wildman–Crippen MR) is 86.2 cm³/mol. The van der Waals surface area contributed by atoms with Crippen LogP contribution in [0.1, 0.15) is 16.6 Å². The zero-order chi connectivity index (χ0) is 16.2. The first kappa shape index (κ1) is 14.9. The van der Waals surface area contributed by atoms with Gasteiger partial charge in [0, 0.05) is 11.8 Å². The van der Waals surface area contributed by atoms with E-state index in [0.29, 0.717) is 17.7 Å². The lowest BCUT2D eigenvalue weighted by atomic mass is 10.2. The minimum Gasteiger partial charge on any atom is -0.349 e. The first-order valence-electron chi connectivity index (χ1n) is 7.08. The molecule has 0 bridgehead atoms. The van der Waals surface area contributed by atoms with E-state index in [1.165, 1.54) is 10.8 Å². The summed E-state index contributed by atoms with van der Waals surface area (Å²) in [5.74, 6) is -0.131. The summed E-state index contributed by atoms with van der Waals surface area (Å²) in [6, 6.07) is 10.3. The molecule has 0 fully saturated rings. The lowest BCUT2D eigenvalue weighted by Gasteiger charge is -2.22. The van der Waals surface area contributed by atoms with Gasteiger partial charge in [-0.05, 0) is 23.8 Å². The van der Waals surface area contributed by atoms with E-state index in [1.807, 2.05) is 18.2 Å². The summed E-state index contributed by atoms with van der Waals surface area (Å²) in [4.78, 5) is 28.1. The van der Waals surface area contributed by atoms with Crippen molar-refractivity contribution >= 4 is 11.7 Å². The quantitative estimate of drug-likeness (QED) is 0.942. The summed E-state index contributed by atoms with van der Waals surface area (Å²) < 4.78 is 6.83. The van der Waals surface area contributed by atoms with Crippen molar-refractivity contribution in [3.05, 3.63) is 82.9 Å². The molecular formula is C17H15N3O3. The Morgan fingerprint density at radius 1 is 1.30 bits per heavy atom. The fourth-order valence-electron chi connectivity index (χ4n) is 2.23. The van der Waals surface area contributed by atoms with Crippen LogP contribution in [0, 0.1) is 0 Å². The van der Waals surface area contributed by atoms with E-state index in [-0.39, 0.29) is 11.7 Å². The van der Waals surface area contributed by atoms with Gasteiger partial charge >= 0.3 is 5.69 Å². The number of benzene rings is 1. The normalized spacial score (nSPS) is 17.0. The number of aromatic nitrogens is 2. The lowest BCUT2D eigenvalue weighted by molar-refractivity contribution is 0.0420. The maximum Gasteiger partial charge on any atom is 0.351 e. The Labute approximate surface area is 132 Å². The summed E-state index contributed by atoms with van der Waals surface area (Å²) in [6.45, 7) is 4.26. The number of anilines is 1. The van der Waals surface area contributed by atoms with Crippen molar-refractivity contribution in [1.29, 1.82) is 0 Å². The molecule has 0 aliphatic carbocycles. The number of nitrogens with zero attached hydrogens (tertiary/aromatic N) is 2. The van der Waals surface area contributed by atoms with Crippen molar-refractivity contribution in [1.82, 2.24) is 9.55 Å². The van der Waals surface area contributed by atoms with Gasteiger partial charge in [-0.3, -0.25) is 9.36 Å². The Hall–Kier alpha value is -2.99. The number of carbonyl (C=O) groups excluding carboxylic acids is 1. The molecular weight excluding hydrogens is 294 g/mol. The average Bonchev–Trinajstić information content (AvgIpc) is 2.57. The Kier molecular flexibility index (Phi) is 4.16. The summed E-state index contributed by atoms with van der Waals surface area (Å²) in [5, 5.41) is 2.60. The molecule has 0 saturated carbocycles. The summed E-state index contributed by atoms with van der Waals surface area (Å²) >= 11 is 0. The number of amides is 1. The zero-order valence-corrected chi connectivity index (χ0v) is 12.3. The number of nitrogens with one attached hydrogen (secondary N) is 1. The van der Waals surface area contributed by atoms with Crippen LogP contribution in [-0.4, -0.2) is 22.1 Å². The van der Waals surface area contributed by atoms with E-state index < -0.39 is 11.9 Å². The first-order chi connectivity index (χ1) is 11.1. The van der Waals surface area contributed by atoms with Crippen molar-refractivity contribution in [3.8, 4) is 0 Å². The highest BCUT2D eigenvalue weighted by molar-refractivity contribution is 6.03. The van der Waals surface area contributed by atoms with Gasteiger partial charge in [0.1, 0.15) is 5.82 Å². The fourth-order valence-corrected chi connectivity index (χ4v) is 2.23. The molecule has 2 heterocycles. The highest BCUT2D eigenvalue weighted by atomic mass is 16.5. The lowest BCUT2D eigenvalue weighted by Crippen LogP contribution is -2.31. The molecule has 6 nitrogen and oxygen atoms in total. The summed E-state index contributed by atoms with van der Waals surface area (Å²) in [6.07, 6.45) is 4.60. The van der Waals surface area contributed by atoms with E-state index >= 15 is 0 Å². The van der Waals surface area contributed by atoms with Crippen molar-refractivity contribution in [2.75, 3.05) is 11.9 Å². The van der Waals surface area contributed by atoms with Gasteiger partial charge in [0.25, 0.3) is 5.91 Å².